The molecule has 0 saturated heterocycles. The molecule has 0 amide bonds. The second kappa shape index (κ2) is 11.8. The summed E-state index contributed by atoms with van der Waals surface area (Å²) >= 11 is -3.41. The molecule has 2 saturated carbocycles. The molecule has 0 aromatic rings. The van der Waals surface area contributed by atoms with E-state index in [9.17, 15) is 19.2 Å². The van der Waals surface area contributed by atoms with Crippen molar-refractivity contribution in [3.8, 4) is 0 Å². The van der Waals surface area contributed by atoms with E-state index in [4.69, 9.17) is 9.47 Å². The molecule has 172 valence electrons. The van der Waals surface area contributed by atoms with Crippen LogP contribution in [0.4, 0.5) is 0 Å². The number of carbonyl (C=O) groups is 4. The van der Waals surface area contributed by atoms with Gasteiger partial charge in [0.1, 0.15) is 0 Å². The normalized spacial score (nSPS) is 26.4. The van der Waals surface area contributed by atoms with Crippen molar-refractivity contribution in [2.45, 2.75) is 87.9 Å². The van der Waals surface area contributed by atoms with E-state index in [1.54, 1.807) is 0 Å². The standard InChI is InChI=1S/C24H36GeO6/c1-5-21(26)30-19-13-9-17(10-14-19)23(28)25(7-3,8-4)24(29)18-11-15-20(16-12-18)31-22(27)6-2/h5-6,17-20H,1-2,7-16H2,3-4H3. The van der Waals surface area contributed by atoms with Gasteiger partial charge in [0.25, 0.3) is 0 Å². The Labute approximate surface area is 188 Å². The molecule has 0 aromatic carbocycles. The van der Waals surface area contributed by atoms with Gasteiger partial charge in [-0.1, -0.05) is 0 Å². The van der Waals surface area contributed by atoms with E-state index in [2.05, 4.69) is 13.2 Å². The van der Waals surface area contributed by atoms with Crippen molar-refractivity contribution in [2.75, 3.05) is 0 Å². The Kier molecular flexibility index (Phi) is 9.72. The van der Waals surface area contributed by atoms with E-state index in [1.165, 1.54) is 0 Å². The molecule has 0 heterocycles. The van der Waals surface area contributed by atoms with Crippen molar-refractivity contribution < 1.29 is 28.7 Å². The first-order valence-electron chi connectivity index (χ1n) is 11.6. The van der Waals surface area contributed by atoms with Gasteiger partial charge in [0, 0.05) is 0 Å². The predicted octanol–water partition coefficient (Wildman–Crippen LogP) is 4.27. The average molecular weight is 493 g/mol. The van der Waals surface area contributed by atoms with Crippen molar-refractivity contribution in [3.63, 3.8) is 0 Å². The number of hydrogen-bond acceptors (Lipinski definition) is 6. The van der Waals surface area contributed by atoms with Gasteiger partial charge in [0.2, 0.25) is 0 Å². The van der Waals surface area contributed by atoms with E-state index < -0.39 is 25.2 Å². The molecule has 31 heavy (non-hydrogen) atoms. The summed E-state index contributed by atoms with van der Waals surface area (Å²) in [5.74, 6) is -1.03. The molecule has 0 bridgehead atoms. The predicted molar refractivity (Wildman–Crippen MR) is 121 cm³/mol. The minimum atomic E-state index is -3.41. The van der Waals surface area contributed by atoms with Crippen LogP contribution in [0.25, 0.3) is 0 Å². The quantitative estimate of drug-likeness (QED) is 0.257. The summed E-state index contributed by atoms with van der Waals surface area (Å²) in [5.41, 5.74) is 0. The molecule has 0 radical (unpaired) electrons. The van der Waals surface area contributed by atoms with Gasteiger partial charge in [-0.05, 0) is 0 Å². The van der Waals surface area contributed by atoms with Gasteiger partial charge in [0.15, 0.2) is 0 Å². The van der Waals surface area contributed by atoms with Gasteiger partial charge in [0.05, 0.1) is 0 Å². The fourth-order valence-electron chi connectivity index (χ4n) is 5.16. The minimum absolute atomic E-state index is 0.0904. The first-order valence-corrected chi connectivity index (χ1v) is 16.6. The molecule has 7 heteroatoms. The fourth-order valence-corrected chi connectivity index (χ4v) is 14.1. The Hall–Kier alpha value is -1.70. The molecular weight excluding hydrogens is 457 g/mol. The zero-order valence-corrected chi connectivity index (χ0v) is 21.0. The third-order valence-electron chi connectivity index (χ3n) is 7.14. The van der Waals surface area contributed by atoms with Crippen molar-refractivity contribution >= 4 is 34.4 Å². The number of ether oxygens (including phenoxy) is 2. The van der Waals surface area contributed by atoms with Crippen LogP contribution in [0.1, 0.15) is 65.2 Å². The summed E-state index contributed by atoms with van der Waals surface area (Å²) in [6.45, 7) is 10.9. The fraction of sp³-hybridized carbons (Fsp3) is 0.667. The Balaban J connectivity index is 2.01. The van der Waals surface area contributed by atoms with Crippen molar-refractivity contribution in [1.29, 1.82) is 0 Å². The van der Waals surface area contributed by atoms with Crippen LogP contribution < -0.4 is 0 Å². The molecule has 0 N–H and O–H groups in total. The topological polar surface area (TPSA) is 86.7 Å². The van der Waals surface area contributed by atoms with Crippen molar-refractivity contribution in [3.05, 3.63) is 25.3 Å². The van der Waals surface area contributed by atoms with Crippen molar-refractivity contribution in [1.82, 2.24) is 0 Å². The maximum absolute atomic E-state index is 13.7. The maximum atomic E-state index is 13.7. The second-order valence-corrected chi connectivity index (χ2v) is 18.3. The number of hydrogen-bond donors (Lipinski definition) is 0. The summed E-state index contributed by atoms with van der Waals surface area (Å²) in [6, 6.07) is 0. The summed E-state index contributed by atoms with van der Waals surface area (Å²) in [5, 5.41) is 1.37. The monoisotopic (exact) mass is 494 g/mol. The molecule has 2 aliphatic rings. The molecule has 0 aromatic heterocycles. The van der Waals surface area contributed by atoms with Crippen LogP contribution in [0.2, 0.25) is 10.5 Å². The Bertz CT molecular complexity index is 639. The molecule has 2 fully saturated rings. The van der Waals surface area contributed by atoms with Gasteiger partial charge in [-0.3, -0.25) is 0 Å². The van der Waals surface area contributed by atoms with Gasteiger partial charge >= 0.3 is 188 Å². The third kappa shape index (κ3) is 6.18. The summed E-state index contributed by atoms with van der Waals surface area (Å²) in [4.78, 5) is 50.2. The van der Waals surface area contributed by atoms with Crippen LogP contribution in [0.3, 0.4) is 0 Å². The molecule has 0 atom stereocenters. The number of rotatable bonds is 10. The first-order chi connectivity index (χ1) is 14.8. The SMILES string of the molecule is C=CC(=O)OC1CCC([C](=O)[Ge]([CH2]C)([CH2]C)[C](=O)C2CCC(OC(=O)C=C)CC2)CC1. The Morgan fingerprint density at radius 2 is 1.03 bits per heavy atom. The first kappa shape index (κ1) is 25.6. The zero-order chi connectivity index (χ0) is 23.0. The second-order valence-electron chi connectivity index (χ2n) is 8.75. The summed E-state index contributed by atoms with van der Waals surface area (Å²) < 4.78 is 11.1. The summed E-state index contributed by atoms with van der Waals surface area (Å²) in [7, 11) is 0. The molecule has 0 unspecified atom stereocenters. The van der Waals surface area contributed by atoms with Gasteiger partial charge in [-0.25, -0.2) is 0 Å². The van der Waals surface area contributed by atoms with Gasteiger partial charge < -0.3 is 0 Å². The van der Waals surface area contributed by atoms with E-state index in [1.807, 2.05) is 13.8 Å². The van der Waals surface area contributed by atoms with Crippen LogP contribution in [0, 0.1) is 11.8 Å². The third-order valence-corrected chi connectivity index (χ3v) is 17.9. The molecule has 0 spiro atoms. The van der Waals surface area contributed by atoms with E-state index >= 15 is 0 Å². The van der Waals surface area contributed by atoms with E-state index in [0.717, 1.165) is 12.2 Å². The van der Waals surface area contributed by atoms with Crippen molar-refractivity contribution in [2.24, 2.45) is 11.8 Å². The molecule has 2 rings (SSSR count). The zero-order valence-electron chi connectivity index (χ0n) is 18.9. The van der Waals surface area contributed by atoms with E-state index in [0.29, 0.717) is 61.9 Å². The van der Waals surface area contributed by atoms with Crippen LogP contribution >= 0.6 is 0 Å². The van der Waals surface area contributed by atoms with Crippen LogP contribution in [0.15, 0.2) is 25.3 Å². The molecule has 2 aliphatic carbocycles. The van der Waals surface area contributed by atoms with Gasteiger partial charge in [-0.2, -0.15) is 0 Å². The van der Waals surface area contributed by atoms with Crippen LogP contribution in [0.5, 0.6) is 0 Å². The Morgan fingerprint density at radius 1 is 0.710 bits per heavy atom. The molecule has 0 aliphatic heterocycles. The number of carbonyl (C=O) groups excluding carboxylic acids is 4. The van der Waals surface area contributed by atoms with Gasteiger partial charge in [-0.15, -0.1) is 0 Å². The van der Waals surface area contributed by atoms with Crippen LogP contribution in [-0.4, -0.2) is 46.6 Å². The average Bonchev–Trinajstić information content (AvgIpc) is 2.80. The molecule has 6 nitrogen and oxygen atoms in total. The van der Waals surface area contributed by atoms with E-state index in [-0.39, 0.29) is 33.3 Å². The summed E-state index contributed by atoms with van der Waals surface area (Å²) in [6.07, 6.45) is 7.37. The Morgan fingerprint density at radius 3 is 1.29 bits per heavy atom. The molecular formula is C24H36GeO6. The van der Waals surface area contributed by atoms with Crippen LogP contribution in [-0.2, 0) is 28.7 Å². The number of esters is 2.